The second-order valence-electron chi connectivity index (χ2n) is 2.74. The van der Waals surface area contributed by atoms with Crippen molar-refractivity contribution in [2.75, 3.05) is 0 Å². The number of hydrogen-bond donors (Lipinski definition) is 0. The molecule has 2 aromatic heterocycles. The Morgan fingerprint density at radius 3 is 3.08 bits per heavy atom. The summed E-state index contributed by atoms with van der Waals surface area (Å²) in [6.07, 6.45) is 1.75. The molecule has 3 rings (SSSR count). The first kappa shape index (κ1) is 6.53. The SMILES string of the molecule is c1cc2ccc3[se]ccc3c2o1. The van der Waals surface area contributed by atoms with E-state index in [1.165, 1.54) is 15.0 Å². The van der Waals surface area contributed by atoms with Gasteiger partial charge in [0.25, 0.3) is 0 Å². The molecule has 0 aliphatic rings. The number of fused-ring (bicyclic) bond motifs is 3. The fraction of sp³-hybridized carbons (Fsp3) is 0. The molecule has 0 radical (unpaired) electrons. The van der Waals surface area contributed by atoms with Crippen molar-refractivity contribution in [2.24, 2.45) is 0 Å². The first-order chi connectivity index (χ1) is 5.95. The van der Waals surface area contributed by atoms with Crippen LogP contribution < -0.4 is 0 Å². The Morgan fingerprint density at radius 2 is 2.08 bits per heavy atom. The molecular formula is C10H6OSe. The molecule has 0 N–H and O–H groups in total. The zero-order valence-electron chi connectivity index (χ0n) is 6.28. The van der Waals surface area contributed by atoms with E-state index in [1.54, 1.807) is 6.26 Å². The quantitative estimate of drug-likeness (QED) is 0.532. The monoisotopic (exact) mass is 222 g/mol. The van der Waals surface area contributed by atoms with E-state index >= 15 is 0 Å². The zero-order valence-corrected chi connectivity index (χ0v) is 7.99. The van der Waals surface area contributed by atoms with Crippen molar-refractivity contribution < 1.29 is 4.42 Å². The summed E-state index contributed by atoms with van der Waals surface area (Å²) in [5, 5.41) is 2.49. The molecule has 0 fully saturated rings. The van der Waals surface area contributed by atoms with Gasteiger partial charge in [-0.05, 0) is 0 Å². The maximum atomic E-state index is 5.42. The minimum absolute atomic E-state index is 0.524. The van der Waals surface area contributed by atoms with E-state index in [2.05, 4.69) is 23.1 Å². The van der Waals surface area contributed by atoms with Crippen LogP contribution in [0, 0.1) is 0 Å². The van der Waals surface area contributed by atoms with Gasteiger partial charge in [-0.15, -0.1) is 0 Å². The van der Waals surface area contributed by atoms with Crippen LogP contribution in [0.1, 0.15) is 0 Å². The van der Waals surface area contributed by atoms with Gasteiger partial charge in [-0.1, -0.05) is 0 Å². The molecule has 0 saturated carbocycles. The summed E-state index contributed by atoms with van der Waals surface area (Å²) < 4.78 is 6.85. The maximum absolute atomic E-state index is 5.42. The zero-order chi connectivity index (χ0) is 7.97. The van der Waals surface area contributed by atoms with Crippen molar-refractivity contribution in [3.8, 4) is 0 Å². The molecule has 0 spiro atoms. The van der Waals surface area contributed by atoms with E-state index in [0.29, 0.717) is 14.5 Å². The molecule has 1 nitrogen and oxygen atoms in total. The number of hydrogen-bond acceptors (Lipinski definition) is 1. The molecule has 0 bridgehead atoms. The van der Waals surface area contributed by atoms with Gasteiger partial charge < -0.3 is 0 Å². The number of furan rings is 1. The Morgan fingerprint density at radius 1 is 1.08 bits per heavy atom. The van der Waals surface area contributed by atoms with Crippen LogP contribution in [0.15, 0.2) is 39.9 Å². The summed E-state index contributed by atoms with van der Waals surface area (Å²) in [4.78, 5) is 2.24. The molecule has 0 aliphatic carbocycles. The van der Waals surface area contributed by atoms with Crippen molar-refractivity contribution in [3.05, 3.63) is 35.5 Å². The van der Waals surface area contributed by atoms with Crippen molar-refractivity contribution >= 4 is 35.1 Å². The molecule has 0 unspecified atom stereocenters. The van der Waals surface area contributed by atoms with Crippen LogP contribution in [0.5, 0.6) is 0 Å². The molecule has 0 amide bonds. The third kappa shape index (κ3) is 0.739. The van der Waals surface area contributed by atoms with Crippen molar-refractivity contribution in [2.45, 2.75) is 0 Å². The van der Waals surface area contributed by atoms with Gasteiger partial charge in [-0.25, -0.2) is 0 Å². The van der Waals surface area contributed by atoms with E-state index in [1.807, 2.05) is 6.07 Å². The summed E-state index contributed by atoms with van der Waals surface area (Å²) in [5.41, 5.74) is 1.04. The second kappa shape index (κ2) is 2.25. The summed E-state index contributed by atoms with van der Waals surface area (Å²) in [7, 11) is 0. The molecule has 58 valence electrons. The van der Waals surface area contributed by atoms with E-state index in [9.17, 15) is 0 Å². The van der Waals surface area contributed by atoms with Crippen LogP contribution in [-0.2, 0) is 0 Å². The van der Waals surface area contributed by atoms with Gasteiger partial charge in [-0.2, -0.15) is 0 Å². The number of rotatable bonds is 0. The molecule has 0 atom stereocenters. The van der Waals surface area contributed by atoms with Crippen LogP contribution >= 0.6 is 0 Å². The van der Waals surface area contributed by atoms with E-state index < -0.39 is 0 Å². The topological polar surface area (TPSA) is 13.1 Å². The van der Waals surface area contributed by atoms with Gasteiger partial charge in [0, 0.05) is 0 Å². The van der Waals surface area contributed by atoms with Gasteiger partial charge in [-0.3, -0.25) is 0 Å². The second-order valence-corrected chi connectivity index (χ2v) is 4.73. The third-order valence-electron chi connectivity index (χ3n) is 2.05. The van der Waals surface area contributed by atoms with Gasteiger partial charge in [0.05, 0.1) is 0 Å². The van der Waals surface area contributed by atoms with Crippen molar-refractivity contribution in [3.63, 3.8) is 0 Å². The first-order valence-corrected chi connectivity index (χ1v) is 5.63. The summed E-state index contributed by atoms with van der Waals surface area (Å²) in [5.74, 6) is 0. The molecule has 3 aromatic rings. The predicted octanol–water partition coefficient (Wildman–Crippen LogP) is 2.64. The Balaban J connectivity index is 2.71. The van der Waals surface area contributed by atoms with Gasteiger partial charge >= 0.3 is 75.0 Å². The van der Waals surface area contributed by atoms with E-state index in [-0.39, 0.29) is 0 Å². The molecule has 2 heterocycles. The van der Waals surface area contributed by atoms with Gasteiger partial charge in [0.15, 0.2) is 0 Å². The molecule has 1 aromatic carbocycles. The molecular weight excluding hydrogens is 215 g/mol. The normalized spacial score (nSPS) is 11.3. The van der Waals surface area contributed by atoms with Gasteiger partial charge in [0.1, 0.15) is 0 Å². The van der Waals surface area contributed by atoms with Crippen LogP contribution in [-0.4, -0.2) is 14.5 Å². The van der Waals surface area contributed by atoms with E-state index in [4.69, 9.17) is 4.42 Å². The van der Waals surface area contributed by atoms with Crippen molar-refractivity contribution in [1.82, 2.24) is 0 Å². The van der Waals surface area contributed by atoms with Crippen LogP contribution in [0.3, 0.4) is 0 Å². The Hall–Kier alpha value is -0.981. The fourth-order valence-electron chi connectivity index (χ4n) is 1.47. The minimum atomic E-state index is 0.524. The molecule has 2 heteroatoms. The average Bonchev–Trinajstić information content (AvgIpc) is 2.71. The summed E-state index contributed by atoms with van der Waals surface area (Å²) >= 11 is 0.524. The molecule has 0 saturated heterocycles. The van der Waals surface area contributed by atoms with Gasteiger partial charge in [0.2, 0.25) is 0 Å². The van der Waals surface area contributed by atoms with E-state index in [0.717, 1.165) is 5.58 Å². The Bertz CT molecular complexity index is 483. The average molecular weight is 221 g/mol. The fourth-order valence-corrected chi connectivity index (χ4v) is 3.12. The summed E-state index contributed by atoms with van der Waals surface area (Å²) in [6, 6.07) is 8.51. The predicted molar refractivity (Wildman–Crippen MR) is 50.7 cm³/mol. The van der Waals surface area contributed by atoms with Crippen LogP contribution in [0.4, 0.5) is 0 Å². The Labute approximate surface area is 75.3 Å². The third-order valence-corrected chi connectivity index (χ3v) is 3.90. The van der Waals surface area contributed by atoms with Crippen LogP contribution in [0.2, 0.25) is 0 Å². The van der Waals surface area contributed by atoms with Crippen molar-refractivity contribution in [1.29, 1.82) is 0 Å². The first-order valence-electron chi connectivity index (χ1n) is 3.78. The summed E-state index contributed by atoms with van der Waals surface area (Å²) in [6.45, 7) is 0. The molecule has 12 heavy (non-hydrogen) atoms. The van der Waals surface area contributed by atoms with Crippen LogP contribution in [0.25, 0.3) is 20.6 Å². The standard InChI is InChI=1S/C10H6OSe/c1-2-9-8(4-6-12-9)10-7(1)3-5-11-10/h1-6H. The molecule has 0 aliphatic heterocycles. The number of benzene rings is 1. The Kier molecular flexibility index (Phi) is 1.23.